The van der Waals surface area contributed by atoms with Crippen LogP contribution in [0.1, 0.15) is 25.2 Å². The maximum absolute atomic E-state index is 14.0. The lowest BCUT2D eigenvalue weighted by Crippen LogP contribution is -2.49. The summed E-state index contributed by atoms with van der Waals surface area (Å²) in [6.07, 6.45) is 0. The standard InChI is InChI=1S/C24H27F2N5O.H2S/c1-14(2)21(27)24(32)30-10-11-31-20(13-30)29-22(16-6-9-18(25)19(26)12-16)23(31)28-17-7-4-15(3)5-8-17;/h4-9,12,14,21,28H,10-11,13,27H2,1-3H3;1H2/t21-;/m0./s1. The first-order chi connectivity index (χ1) is 15.2. The molecule has 0 unspecified atom stereocenters. The molecule has 6 nitrogen and oxygen atoms in total. The molecule has 3 N–H and O–H groups in total. The van der Waals surface area contributed by atoms with Gasteiger partial charge in [0.05, 0.1) is 12.6 Å². The Hall–Kier alpha value is -2.91. The van der Waals surface area contributed by atoms with E-state index in [0.29, 0.717) is 42.5 Å². The summed E-state index contributed by atoms with van der Waals surface area (Å²) in [7, 11) is 0. The van der Waals surface area contributed by atoms with Crippen molar-refractivity contribution in [2.45, 2.75) is 39.9 Å². The van der Waals surface area contributed by atoms with Crippen LogP contribution in [0.3, 0.4) is 0 Å². The Morgan fingerprint density at radius 2 is 1.79 bits per heavy atom. The van der Waals surface area contributed by atoms with Gasteiger partial charge in [0.25, 0.3) is 0 Å². The number of nitrogens with two attached hydrogens (primary N) is 1. The van der Waals surface area contributed by atoms with Crippen LogP contribution in [0.25, 0.3) is 11.3 Å². The van der Waals surface area contributed by atoms with Crippen molar-refractivity contribution in [2.24, 2.45) is 11.7 Å². The van der Waals surface area contributed by atoms with E-state index >= 15 is 0 Å². The Kier molecular flexibility index (Phi) is 7.44. The average Bonchev–Trinajstić information content (AvgIpc) is 3.13. The van der Waals surface area contributed by atoms with Gasteiger partial charge >= 0.3 is 0 Å². The quantitative estimate of drug-likeness (QED) is 0.579. The molecule has 0 aliphatic carbocycles. The van der Waals surface area contributed by atoms with Crippen LogP contribution in [0.4, 0.5) is 20.3 Å². The lowest BCUT2D eigenvalue weighted by atomic mass is 10.0. The minimum Gasteiger partial charge on any atom is -0.340 e. The Balaban J connectivity index is 0.00000306. The third-order valence-corrected chi connectivity index (χ3v) is 5.79. The fourth-order valence-electron chi connectivity index (χ4n) is 3.76. The van der Waals surface area contributed by atoms with Crippen LogP contribution in [-0.2, 0) is 17.9 Å². The zero-order valence-electron chi connectivity index (χ0n) is 18.9. The van der Waals surface area contributed by atoms with Crippen LogP contribution in [0.2, 0.25) is 0 Å². The normalized spacial score (nSPS) is 14.0. The molecule has 0 saturated heterocycles. The number of imidazole rings is 1. The van der Waals surface area contributed by atoms with Crippen LogP contribution >= 0.6 is 13.5 Å². The first-order valence-electron chi connectivity index (χ1n) is 10.7. The van der Waals surface area contributed by atoms with Crippen LogP contribution in [0, 0.1) is 24.5 Å². The Labute approximate surface area is 199 Å². The van der Waals surface area contributed by atoms with Gasteiger partial charge in [0.1, 0.15) is 17.3 Å². The molecule has 1 amide bonds. The molecule has 3 aromatic rings. The van der Waals surface area contributed by atoms with E-state index in [2.05, 4.69) is 5.32 Å². The van der Waals surface area contributed by atoms with Gasteiger partial charge in [0.2, 0.25) is 5.91 Å². The van der Waals surface area contributed by atoms with Crippen LogP contribution in [0.15, 0.2) is 42.5 Å². The minimum absolute atomic E-state index is 0. The average molecular weight is 474 g/mol. The molecule has 1 aromatic heterocycles. The van der Waals surface area contributed by atoms with Gasteiger partial charge in [-0.2, -0.15) is 13.5 Å². The number of hydrogen-bond acceptors (Lipinski definition) is 4. The van der Waals surface area contributed by atoms with Crippen molar-refractivity contribution in [1.82, 2.24) is 14.5 Å². The number of rotatable bonds is 5. The van der Waals surface area contributed by atoms with E-state index in [1.54, 1.807) is 4.90 Å². The van der Waals surface area contributed by atoms with E-state index in [4.69, 9.17) is 10.7 Å². The fraction of sp³-hybridized carbons (Fsp3) is 0.333. The summed E-state index contributed by atoms with van der Waals surface area (Å²) in [6, 6.07) is 11.0. The molecule has 1 aliphatic heterocycles. The van der Waals surface area contributed by atoms with Gasteiger partial charge in [0.15, 0.2) is 11.6 Å². The second-order valence-corrected chi connectivity index (χ2v) is 8.53. The highest BCUT2D eigenvalue weighted by Gasteiger charge is 2.30. The highest BCUT2D eigenvalue weighted by molar-refractivity contribution is 7.59. The molecule has 1 atom stereocenters. The number of nitrogens with one attached hydrogen (secondary N) is 1. The van der Waals surface area contributed by atoms with Crippen molar-refractivity contribution < 1.29 is 13.6 Å². The van der Waals surface area contributed by atoms with Gasteiger partial charge in [-0.3, -0.25) is 4.79 Å². The third kappa shape index (κ3) is 5.04. The van der Waals surface area contributed by atoms with Gasteiger partial charge in [-0.1, -0.05) is 31.5 Å². The minimum atomic E-state index is -0.936. The van der Waals surface area contributed by atoms with Crippen LogP contribution < -0.4 is 11.1 Å². The lowest BCUT2D eigenvalue weighted by molar-refractivity contribution is -0.135. The van der Waals surface area contributed by atoms with E-state index in [1.165, 1.54) is 6.07 Å². The number of benzene rings is 2. The molecule has 33 heavy (non-hydrogen) atoms. The molecular weight excluding hydrogens is 444 g/mol. The van der Waals surface area contributed by atoms with E-state index < -0.39 is 17.7 Å². The zero-order valence-corrected chi connectivity index (χ0v) is 19.9. The SMILES string of the molecule is Cc1ccc(Nc2c(-c3ccc(F)c(F)c3)nc3n2CCN(C(=O)[C@@H](N)C(C)C)C3)cc1.S. The molecule has 1 aliphatic rings. The number of fused-ring (bicyclic) bond motifs is 1. The number of hydrogen-bond donors (Lipinski definition) is 2. The number of aryl methyl sites for hydroxylation is 1. The summed E-state index contributed by atoms with van der Waals surface area (Å²) in [5.74, 6) is -0.595. The van der Waals surface area contributed by atoms with Crippen molar-refractivity contribution in [3.05, 3.63) is 65.5 Å². The predicted molar refractivity (Wildman–Crippen MR) is 131 cm³/mol. The molecule has 9 heteroatoms. The predicted octanol–water partition coefficient (Wildman–Crippen LogP) is 4.32. The second kappa shape index (κ2) is 9.93. The number of halogens is 2. The largest absolute Gasteiger partial charge is 0.340 e. The first kappa shape index (κ1) is 24.7. The summed E-state index contributed by atoms with van der Waals surface area (Å²) >= 11 is 0. The summed E-state index contributed by atoms with van der Waals surface area (Å²) in [4.78, 5) is 19.2. The number of anilines is 2. The van der Waals surface area contributed by atoms with Crippen molar-refractivity contribution in [2.75, 3.05) is 11.9 Å². The Morgan fingerprint density at radius 3 is 2.42 bits per heavy atom. The number of amides is 1. The van der Waals surface area contributed by atoms with Gasteiger partial charge < -0.3 is 20.5 Å². The monoisotopic (exact) mass is 473 g/mol. The molecule has 2 aromatic carbocycles. The van der Waals surface area contributed by atoms with E-state index in [9.17, 15) is 13.6 Å². The molecule has 176 valence electrons. The lowest BCUT2D eigenvalue weighted by Gasteiger charge is -2.31. The van der Waals surface area contributed by atoms with E-state index in [1.807, 2.05) is 49.6 Å². The molecule has 0 fully saturated rings. The van der Waals surface area contributed by atoms with Crippen LogP contribution in [-0.4, -0.2) is 32.9 Å². The summed E-state index contributed by atoms with van der Waals surface area (Å²) in [5.41, 5.74) is 9.01. The molecule has 0 saturated carbocycles. The topological polar surface area (TPSA) is 76.2 Å². The van der Waals surface area contributed by atoms with Gasteiger partial charge in [-0.25, -0.2) is 13.8 Å². The number of carbonyl (C=O) groups excluding carboxylic acids is 1. The summed E-state index contributed by atoms with van der Waals surface area (Å²) in [5, 5.41) is 3.38. The molecule has 4 rings (SSSR count). The highest BCUT2D eigenvalue weighted by atomic mass is 32.1. The van der Waals surface area contributed by atoms with Gasteiger partial charge in [0, 0.05) is 24.3 Å². The van der Waals surface area contributed by atoms with Crippen molar-refractivity contribution >= 4 is 30.9 Å². The maximum Gasteiger partial charge on any atom is 0.240 e. The summed E-state index contributed by atoms with van der Waals surface area (Å²) < 4.78 is 29.5. The zero-order chi connectivity index (χ0) is 23.0. The molecule has 0 radical (unpaired) electrons. The number of aromatic nitrogens is 2. The Bertz CT molecular complexity index is 1150. The molecule has 0 spiro atoms. The van der Waals surface area contributed by atoms with E-state index in [-0.39, 0.29) is 25.3 Å². The fourth-order valence-corrected chi connectivity index (χ4v) is 3.76. The summed E-state index contributed by atoms with van der Waals surface area (Å²) in [6.45, 7) is 7.13. The molecule has 2 heterocycles. The smallest absolute Gasteiger partial charge is 0.240 e. The van der Waals surface area contributed by atoms with Gasteiger partial charge in [-0.05, 0) is 43.2 Å². The van der Waals surface area contributed by atoms with E-state index in [0.717, 1.165) is 23.4 Å². The van der Waals surface area contributed by atoms with Crippen molar-refractivity contribution in [3.8, 4) is 11.3 Å². The Morgan fingerprint density at radius 1 is 1.09 bits per heavy atom. The third-order valence-electron chi connectivity index (χ3n) is 5.79. The second-order valence-electron chi connectivity index (χ2n) is 8.53. The molecule has 0 bridgehead atoms. The van der Waals surface area contributed by atoms with Gasteiger partial charge in [-0.15, -0.1) is 0 Å². The number of carbonyl (C=O) groups is 1. The van der Waals surface area contributed by atoms with Crippen molar-refractivity contribution in [1.29, 1.82) is 0 Å². The highest BCUT2D eigenvalue weighted by Crippen LogP contribution is 2.34. The first-order valence-corrected chi connectivity index (χ1v) is 10.7. The van der Waals surface area contributed by atoms with Crippen LogP contribution in [0.5, 0.6) is 0 Å². The van der Waals surface area contributed by atoms with Crippen molar-refractivity contribution in [3.63, 3.8) is 0 Å². The maximum atomic E-state index is 14.0. The molecular formula is C24H29F2N5OS. The number of nitrogens with zero attached hydrogens (tertiary/aromatic N) is 3.